The molecule has 0 spiro atoms. The molecule has 0 aliphatic rings. The summed E-state index contributed by atoms with van der Waals surface area (Å²) in [7, 11) is 0. The van der Waals surface area contributed by atoms with Crippen LogP contribution in [0.4, 0.5) is 0 Å². The zero-order valence-electron chi connectivity index (χ0n) is 2.31. The Kier molecular flexibility index (Phi) is 590. The average molecular weight is 136 g/mol. The van der Waals surface area contributed by atoms with E-state index in [0.29, 0.717) is 0 Å². The monoisotopic (exact) mass is 136 g/mol. The Labute approximate surface area is 49.7 Å². The molecule has 0 saturated heterocycles. The third kappa shape index (κ3) is 11.4. The molecule has 6 N–H and O–H groups in total. The van der Waals surface area contributed by atoms with E-state index in [2.05, 4.69) is 0 Å². The molecule has 0 bridgehead atoms. The zero-order valence-corrected chi connectivity index (χ0v) is 5.10. The Morgan fingerprint density at radius 3 is 0.500 bits per heavy atom. The largest absolute Gasteiger partial charge is 0.344 e. The molecule has 0 rings (SSSR count). The van der Waals surface area contributed by atoms with E-state index in [1.807, 2.05) is 0 Å². The number of hydrogen-bond acceptors (Lipinski definition) is 2. The molecule has 0 unspecified atom stereocenters. The van der Waals surface area contributed by atoms with Crippen molar-refractivity contribution in [3.8, 4) is 0 Å². The van der Waals surface area contributed by atoms with Crippen LogP contribution in [0.25, 0.3) is 0 Å². The van der Waals surface area contributed by atoms with Gasteiger partial charge in [0.2, 0.25) is 0 Å². The molecule has 0 aromatic rings. The summed E-state index contributed by atoms with van der Waals surface area (Å²) in [6, 6.07) is 0. The summed E-state index contributed by atoms with van der Waals surface area (Å²) < 4.78 is 0. The molecular weight excluding hydrogens is 130 g/mol. The summed E-state index contributed by atoms with van der Waals surface area (Å²) >= 11 is 0. The summed E-state index contributed by atoms with van der Waals surface area (Å²) in [4.78, 5) is 0. The van der Waals surface area contributed by atoms with Crippen LogP contribution < -0.4 is 12.3 Å². The van der Waals surface area contributed by atoms with Crippen LogP contribution in [-0.4, -0.2) is 0 Å². The SMILES string of the molecule is N.N.[V].[V]. The third-order valence-electron chi connectivity index (χ3n) is 0. The fraction of sp³-hybridized carbons (Fsp3) is 0. The fourth-order valence-electron chi connectivity index (χ4n) is 0. The van der Waals surface area contributed by atoms with Gasteiger partial charge < -0.3 is 12.3 Å². The van der Waals surface area contributed by atoms with E-state index in [0.717, 1.165) is 0 Å². The van der Waals surface area contributed by atoms with Gasteiger partial charge in [0.15, 0.2) is 0 Å². The summed E-state index contributed by atoms with van der Waals surface area (Å²) in [5.41, 5.74) is 0. The van der Waals surface area contributed by atoms with Gasteiger partial charge in [0.1, 0.15) is 0 Å². The van der Waals surface area contributed by atoms with Crippen molar-refractivity contribution >= 4 is 0 Å². The van der Waals surface area contributed by atoms with Crippen molar-refractivity contribution < 1.29 is 37.1 Å². The summed E-state index contributed by atoms with van der Waals surface area (Å²) in [5, 5.41) is 0. The van der Waals surface area contributed by atoms with Gasteiger partial charge in [-0.3, -0.25) is 0 Å². The predicted molar refractivity (Wildman–Crippen MR) is 10.0 cm³/mol. The Balaban J connectivity index is 0. The summed E-state index contributed by atoms with van der Waals surface area (Å²) in [6.07, 6.45) is 0. The van der Waals surface area contributed by atoms with Crippen molar-refractivity contribution in [2.75, 3.05) is 0 Å². The first-order chi connectivity index (χ1) is 0. The number of hydrogen-bond donors (Lipinski definition) is 2. The van der Waals surface area contributed by atoms with E-state index < -0.39 is 0 Å². The van der Waals surface area contributed by atoms with Crippen molar-refractivity contribution in [1.29, 1.82) is 0 Å². The van der Waals surface area contributed by atoms with E-state index in [9.17, 15) is 0 Å². The van der Waals surface area contributed by atoms with Crippen LogP contribution in [0.3, 0.4) is 0 Å². The van der Waals surface area contributed by atoms with Crippen LogP contribution >= 0.6 is 0 Å². The van der Waals surface area contributed by atoms with Crippen LogP contribution in [-0.2, 0) is 37.1 Å². The second kappa shape index (κ2) is 32.9. The summed E-state index contributed by atoms with van der Waals surface area (Å²) in [5.74, 6) is 0. The van der Waals surface area contributed by atoms with Gasteiger partial charge in [-0.25, -0.2) is 0 Å². The van der Waals surface area contributed by atoms with E-state index in [-0.39, 0.29) is 49.4 Å². The molecule has 4 heavy (non-hydrogen) atoms. The molecule has 0 amide bonds. The fourth-order valence-corrected chi connectivity index (χ4v) is 0. The van der Waals surface area contributed by atoms with Gasteiger partial charge in [-0.05, 0) is 0 Å². The second-order valence-corrected chi connectivity index (χ2v) is 0. The minimum absolute atomic E-state index is 0. The topological polar surface area (TPSA) is 70.0 Å². The van der Waals surface area contributed by atoms with Crippen molar-refractivity contribution in [3.05, 3.63) is 0 Å². The van der Waals surface area contributed by atoms with Crippen LogP contribution in [0.1, 0.15) is 0 Å². The minimum Gasteiger partial charge on any atom is -0.344 e. The van der Waals surface area contributed by atoms with Gasteiger partial charge in [-0.1, -0.05) is 0 Å². The maximum Gasteiger partial charge on any atom is 0 e. The van der Waals surface area contributed by atoms with Gasteiger partial charge >= 0.3 is 0 Å². The molecule has 0 atom stereocenters. The molecule has 0 heterocycles. The first-order valence-electron chi connectivity index (χ1n) is 0. The van der Waals surface area contributed by atoms with Gasteiger partial charge in [-0.2, -0.15) is 0 Å². The molecule has 0 fully saturated rings. The minimum atomic E-state index is 0. The van der Waals surface area contributed by atoms with Crippen LogP contribution in [0.2, 0.25) is 0 Å². The Morgan fingerprint density at radius 1 is 0.500 bits per heavy atom. The molecule has 2 nitrogen and oxygen atoms in total. The molecule has 26 valence electrons. The molecular formula is H6N2V2. The normalized spacial score (nSPS) is 0. The standard InChI is InChI=1S/2H3N.2V/h2*1H3;;. The molecule has 0 saturated carbocycles. The van der Waals surface area contributed by atoms with Crippen molar-refractivity contribution in [2.45, 2.75) is 0 Å². The molecule has 2 radical (unpaired) electrons. The van der Waals surface area contributed by atoms with Crippen LogP contribution in [0, 0.1) is 0 Å². The summed E-state index contributed by atoms with van der Waals surface area (Å²) in [6.45, 7) is 0. The maximum absolute atomic E-state index is 0. The van der Waals surface area contributed by atoms with Crippen LogP contribution in [0.15, 0.2) is 0 Å². The Morgan fingerprint density at radius 2 is 0.500 bits per heavy atom. The van der Waals surface area contributed by atoms with E-state index in [1.54, 1.807) is 0 Å². The van der Waals surface area contributed by atoms with Crippen molar-refractivity contribution in [1.82, 2.24) is 12.3 Å². The Hall–Kier alpha value is 1.09. The first kappa shape index (κ1) is 71.8. The quantitative estimate of drug-likeness (QED) is 0.503. The van der Waals surface area contributed by atoms with E-state index in [4.69, 9.17) is 0 Å². The van der Waals surface area contributed by atoms with Gasteiger partial charge in [0.05, 0.1) is 0 Å². The Bertz CT molecular complexity index is 4.00. The van der Waals surface area contributed by atoms with Crippen LogP contribution in [0.5, 0.6) is 0 Å². The molecule has 0 aliphatic carbocycles. The van der Waals surface area contributed by atoms with Gasteiger partial charge in [0.25, 0.3) is 0 Å². The molecule has 4 heteroatoms. The second-order valence-electron chi connectivity index (χ2n) is 0. The average Bonchev–Trinajstić information content (AvgIpc) is 0. The first-order valence-corrected chi connectivity index (χ1v) is 0. The number of rotatable bonds is 0. The van der Waals surface area contributed by atoms with Crippen molar-refractivity contribution in [3.63, 3.8) is 0 Å². The maximum atomic E-state index is 0. The van der Waals surface area contributed by atoms with Gasteiger partial charge in [0, 0.05) is 37.1 Å². The van der Waals surface area contributed by atoms with E-state index in [1.165, 1.54) is 0 Å². The third-order valence-corrected chi connectivity index (χ3v) is 0. The molecule has 0 aromatic heterocycles. The molecule has 0 aromatic carbocycles. The van der Waals surface area contributed by atoms with E-state index >= 15 is 0 Å². The predicted octanol–water partition coefficient (Wildman–Crippen LogP) is 0.319. The van der Waals surface area contributed by atoms with Gasteiger partial charge in [-0.15, -0.1) is 0 Å². The molecule has 0 aliphatic heterocycles. The smallest absolute Gasteiger partial charge is 0 e. The zero-order chi connectivity index (χ0) is 0. The van der Waals surface area contributed by atoms with Crippen molar-refractivity contribution in [2.24, 2.45) is 0 Å².